The van der Waals surface area contributed by atoms with E-state index in [0.717, 1.165) is 23.0 Å². The van der Waals surface area contributed by atoms with Gasteiger partial charge in [0.05, 0.1) is 15.9 Å². The van der Waals surface area contributed by atoms with E-state index in [9.17, 15) is 0 Å². The fraction of sp³-hybridized carbons (Fsp3) is 0.727. The molecule has 0 saturated carbocycles. The number of aryl methyl sites for hydroxylation is 2. The standard InChI is InChI=1S/C11H18BrClN2/c1-5-8-10(12)9(15(4)14-8)6-11(2,3)7-13/h5-7H2,1-4H3. The molecule has 0 saturated heterocycles. The highest BCUT2D eigenvalue weighted by Crippen LogP contribution is 2.29. The molecule has 0 spiro atoms. The van der Waals surface area contributed by atoms with E-state index in [0.29, 0.717) is 5.88 Å². The first-order valence-corrected chi connectivity index (χ1v) is 6.50. The van der Waals surface area contributed by atoms with Crippen LogP contribution in [-0.4, -0.2) is 15.7 Å². The van der Waals surface area contributed by atoms with Gasteiger partial charge in [0.15, 0.2) is 0 Å². The van der Waals surface area contributed by atoms with Crippen LogP contribution in [0.2, 0.25) is 0 Å². The second-order valence-corrected chi connectivity index (χ2v) is 5.72. The number of aromatic nitrogens is 2. The second kappa shape index (κ2) is 4.88. The minimum Gasteiger partial charge on any atom is -0.271 e. The quantitative estimate of drug-likeness (QED) is 0.776. The Labute approximate surface area is 105 Å². The highest BCUT2D eigenvalue weighted by Gasteiger charge is 2.22. The molecule has 0 unspecified atom stereocenters. The molecule has 0 aromatic carbocycles. The Bertz CT molecular complexity index is 345. The van der Waals surface area contributed by atoms with Crippen LogP contribution in [0.1, 0.15) is 32.2 Å². The molecule has 0 radical (unpaired) electrons. The van der Waals surface area contributed by atoms with Gasteiger partial charge < -0.3 is 0 Å². The Kier molecular flexibility index (Phi) is 4.24. The van der Waals surface area contributed by atoms with Crippen LogP contribution in [0.3, 0.4) is 0 Å². The summed E-state index contributed by atoms with van der Waals surface area (Å²) in [5, 5.41) is 4.47. The first-order valence-electron chi connectivity index (χ1n) is 5.17. The first kappa shape index (κ1) is 13.0. The topological polar surface area (TPSA) is 17.8 Å². The van der Waals surface area contributed by atoms with Crippen LogP contribution in [0.15, 0.2) is 4.47 Å². The summed E-state index contributed by atoms with van der Waals surface area (Å²) >= 11 is 9.56. The molecular weight excluding hydrogens is 275 g/mol. The Hall–Kier alpha value is -0.0200. The van der Waals surface area contributed by atoms with Gasteiger partial charge in [0, 0.05) is 12.9 Å². The fourth-order valence-corrected chi connectivity index (χ4v) is 2.36. The largest absolute Gasteiger partial charge is 0.271 e. The molecule has 0 aliphatic carbocycles. The third-order valence-corrected chi connectivity index (χ3v) is 4.15. The lowest BCUT2D eigenvalue weighted by molar-refractivity contribution is 0.403. The van der Waals surface area contributed by atoms with Gasteiger partial charge in [-0.1, -0.05) is 20.8 Å². The molecule has 1 heterocycles. The Balaban J connectivity index is 2.99. The van der Waals surface area contributed by atoms with Crippen molar-refractivity contribution in [2.75, 3.05) is 5.88 Å². The summed E-state index contributed by atoms with van der Waals surface area (Å²) in [4.78, 5) is 0. The molecule has 0 amide bonds. The van der Waals surface area contributed by atoms with E-state index in [2.05, 4.69) is 41.8 Å². The molecule has 0 fully saturated rings. The minimum absolute atomic E-state index is 0.114. The smallest absolute Gasteiger partial charge is 0.0766 e. The predicted molar refractivity (Wildman–Crippen MR) is 68.5 cm³/mol. The van der Waals surface area contributed by atoms with E-state index in [1.54, 1.807) is 0 Å². The fourth-order valence-electron chi connectivity index (χ4n) is 1.51. The maximum Gasteiger partial charge on any atom is 0.0766 e. The normalized spacial score (nSPS) is 12.1. The molecule has 0 N–H and O–H groups in total. The van der Waals surface area contributed by atoms with Gasteiger partial charge in [-0.2, -0.15) is 5.10 Å². The minimum atomic E-state index is 0.114. The van der Waals surface area contributed by atoms with Crippen LogP contribution >= 0.6 is 27.5 Å². The average Bonchev–Trinajstić information content (AvgIpc) is 2.45. The molecule has 1 rings (SSSR count). The van der Waals surface area contributed by atoms with Crippen molar-refractivity contribution in [2.24, 2.45) is 12.5 Å². The number of hydrogen-bond donors (Lipinski definition) is 0. The van der Waals surface area contributed by atoms with Crippen LogP contribution in [-0.2, 0) is 19.9 Å². The number of halogens is 2. The summed E-state index contributed by atoms with van der Waals surface area (Å²) in [5.41, 5.74) is 2.47. The summed E-state index contributed by atoms with van der Waals surface area (Å²) in [6.45, 7) is 6.46. The molecule has 1 aromatic rings. The molecule has 2 nitrogen and oxygen atoms in total. The highest BCUT2D eigenvalue weighted by molar-refractivity contribution is 9.10. The van der Waals surface area contributed by atoms with E-state index in [1.807, 2.05) is 11.7 Å². The second-order valence-electron chi connectivity index (χ2n) is 4.66. The molecule has 0 atom stereocenters. The van der Waals surface area contributed by atoms with E-state index < -0.39 is 0 Å². The van der Waals surface area contributed by atoms with Crippen LogP contribution in [0.5, 0.6) is 0 Å². The van der Waals surface area contributed by atoms with Gasteiger partial charge >= 0.3 is 0 Å². The lowest BCUT2D eigenvalue weighted by Crippen LogP contribution is -2.19. The lowest BCUT2D eigenvalue weighted by atomic mass is 9.90. The van der Waals surface area contributed by atoms with Crippen molar-refractivity contribution in [1.82, 2.24) is 9.78 Å². The molecule has 0 aliphatic heterocycles. The zero-order chi connectivity index (χ0) is 11.6. The number of alkyl halides is 1. The monoisotopic (exact) mass is 292 g/mol. The Morgan fingerprint density at radius 2 is 2.07 bits per heavy atom. The molecular formula is C11H18BrClN2. The van der Waals surface area contributed by atoms with Gasteiger partial charge in [-0.15, -0.1) is 11.6 Å². The van der Waals surface area contributed by atoms with Gasteiger partial charge in [0.1, 0.15) is 0 Å². The highest BCUT2D eigenvalue weighted by atomic mass is 79.9. The van der Waals surface area contributed by atoms with Crippen molar-refractivity contribution in [2.45, 2.75) is 33.6 Å². The van der Waals surface area contributed by atoms with Crippen LogP contribution in [0, 0.1) is 5.41 Å². The maximum atomic E-state index is 5.94. The molecule has 4 heteroatoms. The van der Waals surface area contributed by atoms with E-state index in [1.165, 1.54) is 5.69 Å². The van der Waals surface area contributed by atoms with Crippen molar-refractivity contribution in [3.8, 4) is 0 Å². The third kappa shape index (κ3) is 2.97. The van der Waals surface area contributed by atoms with Crippen molar-refractivity contribution >= 4 is 27.5 Å². The first-order chi connectivity index (χ1) is 6.91. The van der Waals surface area contributed by atoms with Gasteiger partial charge in [0.2, 0.25) is 0 Å². The maximum absolute atomic E-state index is 5.94. The number of nitrogens with zero attached hydrogens (tertiary/aromatic N) is 2. The van der Waals surface area contributed by atoms with Crippen LogP contribution in [0.4, 0.5) is 0 Å². The molecule has 15 heavy (non-hydrogen) atoms. The van der Waals surface area contributed by atoms with Crippen molar-refractivity contribution < 1.29 is 0 Å². The Morgan fingerprint density at radius 3 is 2.47 bits per heavy atom. The summed E-state index contributed by atoms with van der Waals surface area (Å²) in [6, 6.07) is 0. The van der Waals surface area contributed by atoms with E-state index >= 15 is 0 Å². The van der Waals surface area contributed by atoms with Crippen molar-refractivity contribution in [3.05, 3.63) is 15.9 Å². The van der Waals surface area contributed by atoms with Crippen molar-refractivity contribution in [1.29, 1.82) is 0 Å². The van der Waals surface area contributed by atoms with Gasteiger partial charge in [-0.05, 0) is 34.2 Å². The van der Waals surface area contributed by atoms with Gasteiger partial charge in [-0.25, -0.2) is 0 Å². The summed E-state index contributed by atoms with van der Waals surface area (Å²) in [5.74, 6) is 0.659. The molecule has 0 aliphatic rings. The SMILES string of the molecule is CCc1nn(C)c(CC(C)(C)CCl)c1Br. The number of rotatable bonds is 4. The molecule has 1 aromatic heterocycles. The lowest BCUT2D eigenvalue weighted by Gasteiger charge is -2.21. The Morgan fingerprint density at radius 1 is 1.47 bits per heavy atom. The zero-order valence-electron chi connectivity index (χ0n) is 9.77. The summed E-state index contributed by atoms with van der Waals surface area (Å²) in [7, 11) is 1.99. The van der Waals surface area contributed by atoms with E-state index in [-0.39, 0.29) is 5.41 Å². The van der Waals surface area contributed by atoms with Gasteiger partial charge in [-0.3, -0.25) is 4.68 Å². The van der Waals surface area contributed by atoms with Crippen LogP contribution < -0.4 is 0 Å². The third-order valence-electron chi connectivity index (χ3n) is 2.51. The molecule has 86 valence electrons. The van der Waals surface area contributed by atoms with Gasteiger partial charge in [0.25, 0.3) is 0 Å². The summed E-state index contributed by atoms with van der Waals surface area (Å²) in [6.07, 6.45) is 1.90. The average molecular weight is 294 g/mol. The zero-order valence-corrected chi connectivity index (χ0v) is 12.1. The van der Waals surface area contributed by atoms with E-state index in [4.69, 9.17) is 11.6 Å². The summed E-state index contributed by atoms with van der Waals surface area (Å²) < 4.78 is 3.10. The van der Waals surface area contributed by atoms with Crippen molar-refractivity contribution in [3.63, 3.8) is 0 Å². The van der Waals surface area contributed by atoms with Crippen LogP contribution in [0.25, 0.3) is 0 Å². The molecule has 0 bridgehead atoms. The number of hydrogen-bond acceptors (Lipinski definition) is 1. The predicted octanol–water partition coefficient (Wildman–Crippen LogP) is 3.55.